The first kappa shape index (κ1) is 15.2. The Morgan fingerprint density at radius 3 is 2.12 bits per heavy atom. The van der Waals surface area contributed by atoms with Crippen LogP contribution in [0.25, 0.3) is 0 Å². The smallest absolute Gasteiger partial charge is 0.331 e. The van der Waals surface area contributed by atoms with Gasteiger partial charge < -0.3 is 10.2 Å². The molecule has 0 radical (unpaired) electrons. The van der Waals surface area contributed by atoms with Gasteiger partial charge in [0, 0.05) is 18.5 Å². The molecule has 0 aromatic heterocycles. The predicted octanol–water partition coefficient (Wildman–Crippen LogP) is 1.64. The zero-order valence-electron chi connectivity index (χ0n) is 10.1. The summed E-state index contributed by atoms with van der Waals surface area (Å²) in [6.45, 7) is 3.97. The molecule has 0 rings (SSSR count). The summed E-state index contributed by atoms with van der Waals surface area (Å²) in [6, 6.07) is -0.451. The monoisotopic (exact) mass is 240 g/mol. The molecule has 0 aromatic carbocycles. The van der Waals surface area contributed by atoms with Crippen molar-refractivity contribution < 1.29 is 18.0 Å². The van der Waals surface area contributed by atoms with Crippen molar-refractivity contribution >= 4 is 5.91 Å². The maximum atomic E-state index is 12.3. The third kappa shape index (κ3) is 5.34. The molecular weight excluding hydrogens is 221 g/mol. The summed E-state index contributed by atoms with van der Waals surface area (Å²) in [4.78, 5) is 12.6. The van der Waals surface area contributed by atoms with E-state index in [9.17, 15) is 18.0 Å². The van der Waals surface area contributed by atoms with Crippen molar-refractivity contribution in [2.45, 2.75) is 33.0 Å². The molecule has 0 aromatic rings. The van der Waals surface area contributed by atoms with Crippen LogP contribution in [-0.4, -0.2) is 43.2 Å². The largest absolute Gasteiger partial charge is 0.406 e. The lowest BCUT2D eigenvalue weighted by atomic mass is 10.1. The van der Waals surface area contributed by atoms with E-state index in [1.165, 1.54) is 0 Å². The molecule has 96 valence electrons. The van der Waals surface area contributed by atoms with E-state index < -0.39 is 30.6 Å². The van der Waals surface area contributed by atoms with Gasteiger partial charge in [0.05, 0.1) is 0 Å². The Labute approximate surface area is 94.0 Å². The highest BCUT2D eigenvalue weighted by molar-refractivity contribution is 5.79. The number of hydrogen-bond donors (Lipinski definition) is 1. The average Bonchev–Trinajstić information content (AvgIpc) is 2.11. The van der Waals surface area contributed by atoms with Crippen LogP contribution in [0.5, 0.6) is 0 Å². The van der Waals surface area contributed by atoms with Gasteiger partial charge in [-0.15, -0.1) is 0 Å². The summed E-state index contributed by atoms with van der Waals surface area (Å²) in [5.41, 5.74) is 0. The third-order valence-corrected chi connectivity index (χ3v) is 2.19. The predicted molar refractivity (Wildman–Crippen MR) is 56.0 cm³/mol. The Bertz CT molecular complexity index is 229. The van der Waals surface area contributed by atoms with E-state index in [-0.39, 0.29) is 0 Å². The van der Waals surface area contributed by atoms with Crippen molar-refractivity contribution in [2.75, 3.05) is 20.1 Å². The maximum Gasteiger partial charge on any atom is 0.406 e. The van der Waals surface area contributed by atoms with E-state index >= 15 is 0 Å². The Morgan fingerprint density at radius 2 is 1.81 bits per heavy atom. The van der Waals surface area contributed by atoms with E-state index in [1.54, 1.807) is 27.8 Å². The zero-order chi connectivity index (χ0) is 12.9. The molecule has 0 aliphatic heterocycles. The molecule has 1 atom stereocenters. The second-order valence-corrected chi connectivity index (χ2v) is 4.13. The average molecular weight is 240 g/mol. The number of rotatable bonds is 5. The molecule has 1 amide bonds. The Morgan fingerprint density at radius 1 is 1.31 bits per heavy atom. The summed E-state index contributed by atoms with van der Waals surface area (Å²) >= 11 is 0. The standard InChI is InChI=1S/C10H19F3N2O/c1-7(2)15(6-10(11,12)13)9(16)8(3)5-14-4/h7-8,14H,5-6H2,1-4H3. The number of nitrogens with zero attached hydrogens (tertiary/aromatic N) is 1. The number of amides is 1. The SMILES string of the molecule is CNCC(C)C(=O)N(CC(F)(F)F)C(C)C. The molecule has 3 nitrogen and oxygen atoms in total. The molecule has 1 unspecified atom stereocenters. The molecule has 0 aliphatic rings. The topological polar surface area (TPSA) is 32.3 Å². The van der Waals surface area contributed by atoms with Crippen LogP contribution in [0.3, 0.4) is 0 Å². The zero-order valence-corrected chi connectivity index (χ0v) is 10.1. The van der Waals surface area contributed by atoms with E-state index in [0.717, 1.165) is 4.90 Å². The molecule has 1 N–H and O–H groups in total. The van der Waals surface area contributed by atoms with E-state index in [2.05, 4.69) is 5.32 Å². The molecule has 16 heavy (non-hydrogen) atoms. The van der Waals surface area contributed by atoms with Crippen molar-refractivity contribution in [3.8, 4) is 0 Å². The minimum absolute atomic E-state index is 0.375. The molecule has 0 saturated carbocycles. The second-order valence-electron chi connectivity index (χ2n) is 4.13. The summed E-state index contributed by atoms with van der Waals surface area (Å²) in [5.74, 6) is -0.920. The fourth-order valence-corrected chi connectivity index (χ4v) is 1.38. The van der Waals surface area contributed by atoms with Gasteiger partial charge in [0.2, 0.25) is 5.91 Å². The van der Waals surface area contributed by atoms with Crippen molar-refractivity contribution in [3.63, 3.8) is 0 Å². The summed E-state index contributed by atoms with van der Waals surface area (Å²) in [5, 5.41) is 2.78. The van der Waals surface area contributed by atoms with Gasteiger partial charge in [0.25, 0.3) is 0 Å². The van der Waals surface area contributed by atoms with Crippen molar-refractivity contribution in [1.29, 1.82) is 0 Å². The second kappa shape index (κ2) is 6.08. The van der Waals surface area contributed by atoms with Crippen LogP contribution in [0.2, 0.25) is 0 Å². The van der Waals surface area contributed by atoms with Gasteiger partial charge in [-0.3, -0.25) is 4.79 Å². The van der Waals surface area contributed by atoms with Crippen molar-refractivity contribution in [3.05, 3.63) is 0 Å². The van der Waals surface area contributed by atoms with Crippen LogP contribution in [0.4, 0.5) is 13.2 Å². The lowest BCUT2D eigenvalue weighted by molar-refractivity contribution is -0.166. The number of nitrogens with one attached hydrogen (secondary N) is 1. The van der Waals surface area contributed by atoms with E-state index in [1.807, 2.05) is 0 Å². The fraction of sp³-hybridized carbons (Fsp3) is 0.900. The number of alkyl halides is 3. The molecule has 0 bridgehead atoms. The van der Waals surface area contributed by atoms with E-state index in [0.29, 0.717) is 6.54 Å². The Hall–Kier alpha value is -0.780. The molecular formula is C10H19F3N2O. The molecule has 0 heterocycles. The number of carbonyl (C=O) groups excluding carboxylic acids is 1. The normalized spacial score (nSPS) is 14.0. The van der Waals surface area contributed by atoms with Gasteiger partial charge in [-0.05, 0) is 20.9 Å². The Balaban J connectivity index is 4.60. The van der Waals surface area contributed by atoms with Crippen LogP contribution < -0.4 is 5.32 Å². The third-order valence-electron chi connectivity index (χ3n) is 2.19. The summed E-state index contributed by atoms with van der Waals surface area (Å²) in [7, 11) is 1.66. The minimum Gasteiger partial charge on any atom is -0.331 e. The summed E-state index contributed by atoms with van der Waals surface area (Å²) in [6.07, 6.45) is -4.35. The van der Waals surface area contributed by atoms with E-state index in [4.69, 9.17) is 0 Å². The van der Waals surface area contributed by atoms with Crippen molar-refractivity contribution in [1.82, 2.24) is 10.2 Å². The van der Waals surface area contributed by atoms with Gasteiger partial charge >= 0.3 is 6.18 Å². The Kier molecular flexibility index (Phi) is 5.78. The number of hydrogen-bond acceptors (Lipinski definition) is 2. The van der Waals surface area contributed by atoms with Gasteiger partial charge in [-0.25, -0.2) is 0 Å². The first-order chi connectivity index (χ1) is 7.19. The number of halogens is 3. The lowest BCUT2D eigenvalue weighted by Gasteiger charge is -2.30. The van der Waals surface area contributed by atoms with Gasteiger partial charge in [-0.1, -0.05) is 6.92 Å². The van der Waals surface area contributed by atoms with Gasteiger partial charge in [0.15, 0.2) is 0 Å². The highest BCUT2D eigenvalue weighted by Gasteiger charge is 2.35. The van der Waals surface area contributed by atoms with Gasteiger partial charge in [0.1, 0.15) is 6.54 Å². The lowest BCUT2D eigenvalue weighted by Crippen LogP contribution is -2.47. The maximum absolute atomic E-state index is 12.3. The number of carbonyl (C=O) groups is 1. The van der Waals surface area contributed by atoms with Crippen LogP contribution in [0, 0.1) is 5.92 Å². The minimum atomic E-state index is -4.35. The van der Waals surface area contributed by atoms with Crippen LogP contribution in [0.15, 0.2) is 0 Å². The first-order valence-corrected chi connectivity index (χ1v) is 5.21. The molecule has 6 heteroatoms. The summed E-state index contributed by atoms with van der Waals surface area (Å²) < 4.78 is 36.8. The molecule has 0 saturated heterocycles. The molecule has 0 aliphatic carbocycles. The fourth-order valence-electron chi connectivity index (χ4n) is 1.38. The first-order valence-electron chi connectivity index (χ1n) is 5.21. The quantitative estimate of drug-likeness (QED) is 0.792. The highest BCUT2D eigenvalue weighted by atomic mass is 19.4. The molecule has 0 fully saturated rings. The van der Waals surface area contributed by atoms with Gasteiger partial charge in [-0.2, -0.15) is 13.2 Å². The molecule has 0 spiro atoms. The van der Waals surface area contributed by atoms with Crippen LogP contribution in [-0.2, 0) is 4.79 Å². The van der Waals surface area contributed by atoms with Crippen molar-refractivity contribution in [2.24, 2.45) is 5.92 Å². The van der Waals surface area contributed by atoms with Crippen LogP contribution >= 0.6 is 0 Å². The van der Waals surface area contributed by atoms with Crippen LogP contribution in [0.1, 0.15) is 20.8 Å². The highest BCUT2D eigenvalue weighted by Crippen LogP contribution is 2.19.